The lowest BCUT2D eigenvalue weighted by atomic mass is 10.0. The van der Waals surface area contributed by atoms with Gasteiger partial charge < -0.3 is 19.1 Å². The Kier molecular flexibility index (Phi) is 6.55. The largest absolute Gasteiger partial charge is 0.497 e. The fourth-order valence-electron chi connectivity index (χ4n) is 4.03. The molecule has 4 rings (SSSR count). The van der Waals surface area contributed by atoms with Gasteiger partial charge >= 0.3 is 0 Å². The minimum Gasteiger partial charge on any atom is -0.497 e. The first-order valence-corrected chi connectivity index (χ1v) is 10.7. The molecule has 0 unspecified atom stereocenters. The van der Waals surface area contributed by atoms with Gasteiger partial charge in [0.1, 0.15) is 28.9 Å². The van der Waals surface area contributed by atoms with Crippen molar-refractivity contribution in [3.63, 3.8) is 0 Å². The molecule has 2 heterocycles. The highest BCUT2D eigenvalue weighted by Crippen LogP contribution is 2.28. The maximum absolute atomic E-state index is 12.7. The number of para-hydroxylation sites is 1. The van der Waals surface area contributed by atoms with Gasteiger partial charge in [-0.05, 0) is 30.2 Å². The average Bonchev–Trinajstić information content (AvgIpc) is 2.83. The van der Waals surface area contributed by atoms with E-state index in [1.807, 2.05) is 53.4 Å². The smallest absolute Gasteiger partial charge is 0.222 e. The molecule has 6 heteroatoms. The third-order valence-corrected chi connectivity index (χ3v) is 5.79. The zero-order valence-electron chi connectivity index (χ0n) is 18.0. The first kappa shape index (κ1) is 21.0. The third kappa shape index (κ3) is 4.90. The molecule has 0 saturated carbocycles. The van der Waals surface area contributed by atoms with Crippen LogP contribution in [0.15, 0.2) is 54.7 Å². The molecule has 0 radical (unpaired) electrons. The first-order valence-electron chi connectivity index (χ1n) is 10.7. The Balaban J connectivity index is 1.30. The number of hydrogen-bond donors (Lipinski definition) is 0. The minimum atomic E-state index is 0.0957. The Morgan fingerprint density at radius 2 is 1.84 bits per heavy atom. The molecule has 1 saturated heterocycles. The van der Waals surface area contributed by atoms with Gasteiger partial charge in [-0.25, -0.2) is 0 Å². The van der Waals surface area contributed by atoms with E-state index >= 15 is 0 Å². The van der Waals surface area contributed by atoms with Gasteiger partial charge in [0.2, 0.25) is 5.91 Å². The zero-order valence-corrected chi connectivity index (χ0v) is 18.0. The number of benzene rings is 2. The van der Waals surface area contributed by atoms with Crippen molar-refractivity contribution in [1.82, 2.24) is 9.88 Å². The Morgan fingerprint density at radius 3 is 2.61 bits per heavy atom. The van der Waals surface area contributed by atoms with Crippen molar-refractivity contribution in [1.29, 1.82) is 0 Å². The summed E-state index contributed by atoms with van der Waals surface area (Å²) in [5, 5.41) is 1.07. The van der Waals surface area contributed by atoms with Gasteiger partial charge in [-0.3, -0.25) is 9.78 Å². The average molecular weight is 421 g/mol. The number of pyridine rings is 1. The van der Waals surface area contributed by atoms with Crippen molar-refractivity contribution in [3.8, 4) is 17.2 Å². The van der Waals surface area contributed by atoms with Crippen LogP contribution in [-0.4, -0.2) is 49.2 Å². The van der Waals surface area contributed by atoms with E-state index in [2.05, 4.69) is 4.98 Å². The van der Waals surface area contributed by atoms with Crippen molar-refractivity contribution in [2.45, 2.75) is 31.8 Å². The molecule has 0 N–H and O–H groups in total. The summed E-state index contributed by atoms with van der Waals surface area (Å²) in [4.78, 5) is 19.1. The summed E-state index contributed by atoms with van der Waals surface area (Å²) in [5.41, 5.74) is 1.90. The molecule has 1 aliphatic rings. The lowest BCUT2D eigenvalue weighted by Crippen LogP contribution is -2.41. The van der Waals surface area contributed by atoms with Gasteiger partial charge in [0.25, 0.3) is 0 Å². The molecule has 1 aliphatic heterocycles. The highest BCUT2D eigenvalue weighted by atomic mass is 16.5. The SMILES string of the molecule is COc1ccc(CCC(=O)N2CCC(Oc3cccc4cccnc34)CC2)c(OC)c1. The minimum absolute atomic E-state index is 0.0957. The summed E-state index contributed by atoms with van der Waals surface area (Å²) in [6.45, 7) is 1.42. The predicted octanol–water partition coefficient (Wildman–Crippen LogP) is 4.25. The van der Waals surface area contributed by atoms with Crippen LogP contribution in [0.4, 0.5) is 0 Å². The van der Waals surface area contributed by atoms with Gasteiger partial charge in [-0.1, -0.05) is 24.3 Å². The van der Waals surface area contributed by atoms with E-state index in [1.165, 1.54) is 0 Å². The molecule has 0 spiro atoms. The molecular weight excluding hydrogens is 392 g/mol. The summed E-state index contributed by atoms with van der Waals surface area (Å²) in [5.74, 6) is 2.48. The third-order valence-electron chi connectivity index (χ3n) is 5.79. The highest BCUT2D eigenvalue weighted by Gasteiger charge is 2.24. The maximum Gasteiger partial charge on any atom is 0.222 e. The second-order valence-corrected chi connectivity index (χ2v) is 7.71. The Labute approximate surface area is 182 Å². The van der Waals surface area contributed by atoms with E-state index in [1.54, 1.807) is 20.4 Å². The van der Waals surface area contributed by atoms with E-state index < -0.39 is 0 Å². The Hall–Kier alpha value is -3.28. The van der Waals surface area contributed by atoms with Gasteiger partial charge in [0.05, 0.1) is 14.2 Å². The summed E-state index contributed by atoms with van der Waals surface area (Å²) >= 11 is 0. The van der Waals surface area contributed by atoms with E-state index in [9.17, 15) is 4.79 Å². The second-order valence-electron chi connectivity index (χ2n) is 7.71. The number of amides is 1. The van der Waals surface area contributed by atoms with Crippen molar-refractivity contribution in [2.75, 3.05) is 27.3 Å². The van der Waals surface area contributed by atoms with Crippen LogP contribution in [0.2, 0.25) is 0 Å². The number of methoxy groups -OCH3 is 2. The molecule has 3 aromatic rings. The molecular formula is C25H28N2O4. The normalized spacial score (nSPS) is 14.5. The number of aromatic nitrogens is 1. The standard InChI is InChI=1S/C25H28N2O4/c1-29-21-10-8-18(23(17-21)30-2)9-11-24(28)27-15-12-20(13-16-27)31-22-7-3-5-19-6-4-14-26-25(19)22/h3-8,10,14,17,20H,9,11-13,15-16H2,1-2H3. The molecule has 0 aliphatic carbocycles. The van der Waals surface area contributed by atoms with Crippen LogP contribution in [0.25, 0.3) is 10.9 Å². The summed E-state index contributed by atoms with van der Waals surface area (Å²) < 4.78 is 16.9. The van der Waals surface area contributed by atoms with Crippen molar-refractivity contribution >= 4 is 16.8 Å². The van der Waals surface area contributed by atoms with Gasteiger partial charge in [0, 0.05) is 50.0 Å². The molecule has 1 amide bonds. The quantitative estimate of drug-likeness (QED) is 0.572. The van der Waals surface area contributed by atoms with Crippen molar-refractivity contribution in [2.24, 2.45) is 0 Å². The number of fused-ring (bicyclic) bond motifs is 1. The van der Waals surface area contributed by atoms with Crippen LogP contribution >= 0.6 is 0 Å². The van der Waals surface area contributed by atoms with Crippen molar-refractivity contribution in [3.05, 3.63) is 60.3 Å². The number of rotatable bonds is 7. The number of likely N-dealkylation sites (tertiary alicyclic amines) is 1. The molecule has 0 bridgehead atoms. The predicted molar refractivity (Wildman–Crippen MR) is 120 cm³/mol. The fourth-order valence-corrected chi connectivity index (χ4v) is 4.03. The topological polar surface area (TPSA) is 60.9 Å². The molecule has 6 nitrogen and oxygen atoms in total. The van der Waals surface area contributed by atoms with Gasteiger partial charge in [-0.2, -0.15) is 0 Å². The van der Waals surface area contributed by atoms with E-state index in [4.69, 9.17) is 14.2 Å². The van der Waals surface area contributed by atoms with Crippen LogP contribution in [-0.2, 0) is 11.2 Å². The van der Waals surface area contributed by atoms with Crippen LogP contribution in [0.5, 0.6) is 17.2 Å². The van der Waals surface area contributed by atoms with E-state index in [-0.39, 0.29) is 12.0 Å². The molecule has 1 fully saturated rings. The van der Waals surface area contributed by atoms with Gasteiger partial charge in [-0.15, -0.1) is 0 Å². The van der Waals surface area contributed by atoms with Crippen LogP contribution in [0.3, 0.4) is 0 Å². The summed E-state index contributed by atoms with van der Waals surface area (Å²) in [7, 11) is 3.26. The number of nitrogens with zero attached hydrogens (tertiary/aromatic N) is 2. The highest BCUT2D eigenvalue weighted by molar-refractivity contribution is 5.84. The number of hydrogen-bond acceptors (Lipinski definition) is 5. The number of carbonyl (C=O) groups is 1. The maximum atomic E-state index is 12.7. The molecule has 31 heavy (non-hydrogen) atoms. The van der Waals surface area contributed by atoms with E-state index in [0.29, 0.717) is 25.9 Å². The molecule has 162 valence electrons. The van der Waals surface area contributed by atoms with Crippen LogP contribution in [0, 0.1) is 0 Å². The molecule has 0 atom stereocenters. The van der Waals surface area contributed by atoms with Crippen LogP contribution < -0.4 is 14.2 Å². The van der Waals surface area contributed by atoms with Crippen molar-refractivity contribution < 1.29 is 19.0 Å². The first-order chi connectivity index (χ1) is 15.2. The number of piperidine rings is 1. The fraction of sp³-hybridized carbons (Fsp3) is 0.360. The monoisotopic (exact) mass is 420 g/mol. The Bertz CT molecular complexity index is 1040. The lowest BCUT2D eigenvalue weighted by Gasteiger charge is -2.32. The van der Waals surface area contributed by atoms with E-state index in [0.717, 1.165) is 46.6 Å². The lowest BCUT2D eigenvalue weighted by molar-refractivity contribution is -0.132. The number of carbonyl (C=O) groups excluding carboxylic acids is 1. The van der Waals surface area contributed by atoms with Crippen LogP contribution in [0.1, 0.15) is 24.8 Å². The van der Waals surface area contributed by atoms with Gasteiger partial charge in [0.15, 0.2) is 0 Å². The number of ether oxygens (including phenoxy) is 3. The molecule has 1 aromatic heterocycles. The molecule has 2 aromatic carbocycles. The Morgan fingerprint density at radius 1 is 1.03 bits per heavy atom. The zero-order chi connectivity index (χ0) is 21.6. The summed E-state index contributed by atoms with van der Waals surface area (Å²) in [6.07, 6.45) is 4.62. The summed E-state index contributed by atoms with van der Waals surface area (Å²) in [6, 6.07) is 15.7. The number of aryl methyl sites for hydroxylation is 1. The second kappa shape index (κ2) is 9.69.